The minimum atomic E-state index is 0. The Hall–Kier alpha value is -0.150. The molecule has 1 saturated heterocycles. The number of ether oxygens (including phenoxy) is 1. The van der Waals surface area contributed by atoms with Crippen molar-refractivity contribution in [3.63, 3.8) is 0 Å². The molecule has 1 aliphatic heterocycles. The molecule has 0 atom stereocenters. The molecule has 0 unspecified atom stereocenters. The second-order valence-electron chi connectivity index (χ2n) is 5.28. The monoisotopic (exact) mass is 426 g/mol. The van der Waals surface area contributed by atoms with Gasteiger partial charge in [0.1, 0.15) is 0 Å². The number of nitrogens with one attached hydrogen (secondary N) is 1. The fourth-order valence-corrected chi connectivity index (χ4v) is 3.25. The van der Waals surface area contributed by atoms with Gasteiger partial charge in [-0.15, -0.1) is 29.1 Å². The van der Waals surface area contributed by atoms with E-state index in [-0.39, 0.29) is 24.0 Å². The topological polar surface area (TPSA) is 54.1 Å². The van der Waals surface area contributed by atoms with Crippen LogP contribution in [-0.4, -0.2) is 36.1 Å². The third-order valence-electron chi connectivity index (χ3n) is 3.63. The summed E-state index contributed by atoms with van der Waals surface area (Å²) in [4.78, 5) is 2.80. The second-order valence-corrected chi connectivity index (χ2v) is 6.24. The van der Waals surface area contributed by atoms with Gasteiger partial charge in [-0.3, -0.25) is 5.41 Å². The van der Waals surface area contributed by atoms with Crippen LogP contribution in [0.3, 0.4) is 0 Å². The maximum absolute atomic E-state index is 8.02. The Morgan fingerprint density at radius 1 is 1.14 bits per heavy atom. The first kappa shape index (κ1) is 18.9. The molecule has 0 aromatic carbocycles. The Labute approximate surface area is 148 Å². The summed E-state index contributed by atoms with van der Waals surface area (Å²) in [6.45, 7) is 6.44. The summed E-state index contributed by atoms with van der Waals surface area (Å²) >= 11 is 1.48. The molecule has 0 amide bonds. The van der Waals surface area contributed by atoms with Crippen LogP contribution in [0, 0.1) is 5.41 Å². The van der Waals surface area contributed by atoms with E-state index in [1.54, 1.807) is 0 Å². The molecule has 0 spiro atoms. The van der Waals surface area contributed by atoms with Gasteiger partial charge in [0.2, 0.25) is 9.93 Å². The third kappa shape index (κ3) is 6.23. The molecule has 2 heterocycles. The summed E-state index contributed by atoms with van der Waals surface area (Å²) in [6, 6.07) is 0. The van der Waals surface area contributed by atoms with Gasteiger partial charge in [0.15, 0.2) is 0 Å². The molecule has 1 N–H and O–H groups in total. The number of halogens is 1. The standard InChI is InChI=1S/C14H26N4OS.HI/c1-2-3-4-5-6-7-8-18-13(15)20-14(16-18)17-9-11-19-12-10-17;/h15H,2-12H2,1H3;1H. The summed E-state index contributed by atoms with van der Waals surface area (Å²) < 4.78 is 7.21. The Balaban J connectivity index is 0.00000220. The van der Waals surface area contributed by atoms with Crippen molar-refractivity contribution in [3.8, 4) is 0 Å². The van der Waals surface area contributed by atoms with E-state index in [0.717, 1.165) is 44.4 Å². The molecular weight excluding hydrogens is 399 g/mol. The average molecular weight is 426 g/mol. The zero-order valence-corrected chi connectivity index (χ0v) is 16.0. The highest BCUT2D eigenvalue weighted by Gasteiger charge is 2.15. The number of anilines is 1. The molecule has 1 fully saturated rings. The second kappa shape index (κ2) is 10.6. The van der Waals surface area contributed by atoms with Crippen LogP contribution in [0.5, 0.6) is 0 Å². The number of aromatic nitrogens is 2. The molecule has 1 aromatic rings. The smallest absolute Gasteiger partial charge is 0.207 e. The maximum Gasteiger partial charge on any atom is 0.207 e. The lowest BCUT2D eigenvalue weighted by Gasteiger charge is -2.25. The normalized spacial score (nSPS) is 15.0. The predicted octanol–water partition coefficient (Wildman–Crippen LogP) is 3.24. The molecule has 0 aliphatic carbocycles. The number of hydrogen-bond acceptors (Lipinski definition) is 5. The zero-order valence-electron chi connectivity index (χ0n) is 12.8. The zero-order chi connectivity index (χ0) is 14.2. The van der Waals surface area contributed by atoms with E-state index in [2.05, 4.69) is 16.9 Å². The van der Waals surface area contributed by atoms with Gasteiger partial charge in [-0.05, 0) is 6.42 Å². The van der Waals surface area contributed by atoms with Crippen molar-refractivity contribution in [2.75, 3.05) is 31.2 Å². The van der Waals surface area contributed by atoms with Crippen LogP contribution in [0.4, 0.5) is 5.13 Å². The van der Waals surface area contributed by atoms with E-state index in [9.17, 15) is 0 Å². The quantitative estimate of drug-likeness (QED) is 0.513. The largest absolute Gasteiger partial charge is 0.378 e. The van der Waals surface area contributed by atoms with Gasteiger partial charge in [-0.1, -0.05) is 50.4 Å². The van der Waals surface area contributed by atoms with E-state index >= 15 is 0 Å². The van der Waals surface area contributed by atoms with E-state index in [1.807, 2.05) is 4.68 Å². The van der Waals surface area contributed by atoms with Crippen LogP contribution in [0.2, 0.25) is 0 Å². The number of hydrogen-bond donors (Lipinski definition) is 1. The summed E-state index contributed by atoms with van der Waals surface area (Å²) in [5.41, 5.74) is 0. The lowest BCUT2D eigenvalue weighted by molar-refractivity contribution is 0.122. The van der Waals surface area contributed by atoms with E-state index in [1.165, 1.54) is 43.4 Å². The van der Waals surface area contributed by atoms with E-state index in [4.69, 9.17) is 10.1 Å². The van der Waals surface area contributed by atoms with Crippen molar-refractivity contribution < 1.29 is 4.74 Å². The summed E-state index contributed by atoms with van der Waals surface area (Å²) in [7, 11) is 0. The highest BCUT2D eigenvalue weighted by molar-refractivity contribution is 14.0. The number of unbranched alkanes of at least 4 members (excludes halogenated alkanes) is 5. The van der Waals surface area contributed by atoms with Gasteiger partial charge >= 0.3 is 0 Å². The van der Waals surface area contributed by atoms with Gasteiger partial charge in [0.25, 0.3) is 0 Å². The lowest BCUT2D eigenvalue weighted by atomic mass is 10.1. The Kier molecular flexibility index (Phi) is 9.50. The maximum atomic E-state index is 8.02. The van der Waals surface area contributed by atoms with E-state index < -0.39 is 0 Å². The summed E-state index contributed by atoms with van der Waals surface area (Å²) in [5.74, 6) is 0. The van der Waals surface area contributed by atoms with Crippen LogP contribution >= 0.6 is 35.3 Å². The Morgan fingerprint density at radius 2 is 1.81 bits per heavy atom. The number of rotatable bonds is 8. The number of nitrogens with zero attached hydrogens (tertiary/aromatic N) is 3. The summed E-state index contributed by atoms with van der Waals surface area (Å²) in [6.07, 6.45) is 7.66. The predicted molar refractivity (Wildman–Crippen MR) is 97.8 cm³/mol. The van der Waals surface area contributed by atoms with Crippen molar-refractivity contribution in [3.05, 3.63) is 4.80 Å². The van der Waals surface area contributed by atoms with Crippen LogP contribution in [0.15, 0.2) is 0 Å². The van der Waals surface area contributed by atoms with E-state index in [0.29, 0.717) is 4.80 Å². The van der Waals surface area contributed by atoms with Crippen LogP contribution in [-0.2, 0) is 11.3 Å². The fourth-order valence-electron chi connectivity index (χ4n) is 2.38. The minimum absolute atomic E-state index is 0. The molecule has 1 aromatic heterocycles. The van der Waals surface area contributed by atoms with Crippen LogP contribution < -0.4 is 9.70 Å². The van der Waals surface area contributed by atoms with Crippen molar-refractivity contribution in [2.45, 2.75) is 52.0 Å². The lowest BCUT2D eigenvalue weighted by Crippen LogP contribution is -2.36. The number of morpholine rings is 1. The van der Waals surface area contributed by atoms with Crippen molar-refractivity contribution in [1.82, 2.24) is 9.78 Å². The van der Waals surface area contributed by atoms with Gasteiger partial charge in [-0.2, -0.15) is 0 Å². The molecule has 0 saturated carbocycles. The van der Waals surface area contributed by atoms with Gasteiger partial charge in [0.05, 0.1) is 13.2 Å². The molecule has 2 rings (SSSR count). The van der Waals surface area contributed by atoms with Gasteiger partial charge in [0, 0.05) is 19.6 Å². The molecule has 21 heavy (non-hydrogen) atoms. The molecule has 1 aliphatic rings. The van der Waals surface area contributed by atoms with Crippen molar-refractivity contribution in [1.29, 1.82) is 5.41 Å². The SMILES string of the molecule is CCCCCCCCn1nc(N2CCOCC2)sc1=N.I. The molecule has 0 radical (unpaired) electrons. The first-order chi connectivity index (χ1) is 9.81. The fraction of sp³-hybridized carbons (Fsp3) is 0.857. The van der Waals surface area contributed by atoms with Gasteiger partial charge in [-0.25, -0.2) is 4.68 Å². The molecular formula is C14H27IN4OS. The number of aryl methyl sites for hydroxylation is 1. The molecule has 7 heteroatoms. The average Bonchev–Trinajstić information content (AvgIpc) is 2.85. The molecule has 5 nitrogen and oxygen atoms in total. The van der Waals surface area contributed by atoms with Crippen LogP contribution in [0.25, 0.3) is 0 Å². The van der Waals surface area contributed by atoms with Gasteiger partial charge < -0.3 is 9.64 Å². The van der Waals surface area contributed by atoms with Crippen molar-refractivity contribution in [2.24, 2.45) is 0 Å². The molecule has 0 bridgehead atoms. The summed E-state index contributed by atoms with van der Waals surface area (Å²) in [5, 5.41) is 13.6. The van der Waals surface area contributed by atoms with Crippen molar-refractivity contribution >= 4 is 40.4 Å². The Morgan fingerprint density at radius 3 is 2.52 bits per heavy atom. The first-order valence-electron chi connectivity index (χ1n) is 7.76. The highest BCUT2D eigenvalue weighted by Crippen LogP contribution is 2.15. The first-order valence-corrected chi connectivity index (χ1v) is 8.58. The molecule has 122 valence electrons. The Bertz CT molecular complexity index is 442. The minimum Gasteiger partial charge on any atom is -0.378 e. The highest BCUT2D eigenvalue weighted by atomic mass is 127. The van der Waals surface area contributed by atoms with Crippen LogP contribution in [0.1, 0.15) is 45.4 Å². The third-order valence-corrected chi connectivity index (χ3v) is 4.56.